The van der Waals surface area contributed by atoms with E-state index >= 15 is 0 Å². The maximum absolute atomic E-state index is 12.3. The molecule has 21 heavy (non-hydrogen) atoms. The van der Waals surface area contributed by atoms with Gasteiger partial charge in [-0.3, -0.25) is 9.69 Å². The number of amides is 1. The molecule has 1 aliphatic heterocycles. The molecule has 1 heterocycles. The van der Waals surface area contributed by atoms with E-state index in [1.165, 1.54) is 19.3 Å². The topological polar surface area (TPSA) is 68.2 Å². The van der Waals surface area contributed by atoms with Crippen LogP contribution in [-0.4, -0.2) is 48.6 Å². The van der Waals surface area contributed by atoms with Gasteiger partial charge in [-0.1, -0.05) is 26.2 Å². The summed E-state index contributed by atoms with van der Waals surface area (Å²) in [5.41, 5.74) is -0.611. The van der Waals surface area contributed by atoms with Gasteiger partial charge in [0.15, 0.2) is 0 Å². The van der Waals surface area contributed by atoms with Crippen molar-refractivity contribution in [3.63, 3.8) is 0 Å². The minimum Gasteiger partial charge on any atom is -0.337 e. The highest BCUT2D eigenvalue weighted by Gasteiger charge is 2.33. The molecule has 0 aromatic heterocycles. The molecule has 0 radical (unpaired) electrons. The molecule has 1 unspecified atom stereocenters. The lowest BCUT2D eigenvalue weighted by Gasteiger charge is -2.32. The molecule has 5 heteroatoms. The molecule has 0 aromatic carbocycles. The molecule has 2 fully saturated rings. The van der Waals surface area contributed by atoms with E-state index in [2.05, 4.69) is 28.5 Å². The summed E-state index contributed by atoms with van der Waals surface area (Å²) in [5, 5.41) is 15.9. The third-order valence-corrected chi connectivity index (χ3v) is 4.76. The summed E-state index contributed by atoms with van der Waals surface area (Å²) >= 11 is 0. The number of hydrogen-bond acceptors (Lipinski definition) is 4. The van der Waals surface area contributed by atoms with Gasteiger partial charge < -0.3 is 10.6 Å². The van der Waals surface area contributed by atoms with Crippen molar-refractivity contribution in [3.8, 4) is 6.07 Å². The van der Waals surface area contributed by atoms with Crippen molar-refractivity contribution in [1.29, 1.82) is 5.26 Å². The lowest BCUT2D eigenvalue weighted by atomic mass is 9.83. The summed E-state index contributed by atoms with van der Waals surface area (Å²) in [5.74, 6) is -0.00158. The zero-order valence-electron chi connectivity index (χ0n) is 13.2. The first kappa shape index (κ1) is 16.3. The fourth-order valence-corrected chi connectivity index (χ4v) is 3.46. The molecule has 2 aliphatic rings. The zero-order valence-corrected chi connectivity index (χ0v) is 13.2. The molecule has 2 N–H and O–H groups in total. The number of rotatable bonds is 6. The number of carbonyl (C=O) groups excluding carboxylic acids is 1. The second-order valence-corrected chi connectivity index (χ2v) is 6.42. The lowest BCUT2D eigenvalue weighted by Crippen LogP contribution is -2.52. The van der Waals surface area contributed by atoms with E-state index in [0.717, 1.165) is 45.3 Å². The Labute approximate surface area is 128 Å². The minimum absolute atomic E-state index is 0.00158. The Bertz CT molecular complexity index is 378. The summed E-state index contributed by atoms with van der Waals surface area (Å²) in [6.45, 7) is 5.36. The van der Waals surface area contributed by atoms with E-state index in [1.807, 2.05) is 0 Å². The van der Waals surface area contributed by atoms with Gasteiger partial charge in [0.1, 0.15) is 5.54 Å². The van der Waals surface area contributed by atoms with E-state index in [0.29, 0.717) is 12.6 Å². The van der Waals surface area contributed by atoms with Gasteiger partial charge in [-0.05, 0) is 38.8 Å². The van der Waals surface area contributed by atoms with Crippen LogP contribution in [0.3, 0.4) is 0 Å². The molecule has 0 bridgehead atoms. The van der Waals surface area contributed by atoms with Gasteiger partial charge in [0.05, 0.1) is 12.6 Å². The molecule has 0 spiro atoms. The molecule has 1 saturated heterocycles. The molecular formula is C16H28N4O. The Balaban J connectivity index is 1.82. The van der Waals surface area contributed by atoms with Gasteiger partial charge in [0.2, 0.25) is 5.91 Å². The maximum Gasteiger partial charge on any atom is 0.235 e. The molecule has 0 aromatic rings. The predicted octanol–water partition coefficient (Wildman–Crippen LogP) is 1.40. The highest BCUT2D eigenvalue weighted by atomic mass is 16.2. The number of hydrogen-bond donors (Lipinski definition) is 2. The molecule has 1 atom stereocenters. The van der Waals surface area contributed by atoms with Gasteiger partial charge >= 0.3 is 0 Å². The second kappa shape index (κ2) is 7.77. The first-order valence-electron chi connectivity index (χ1n) is 8.35. The van der Waals surface area contributed by atoms with Crippen LogP contribution < -0.4 is 10.6 Å². The van der Waals surface area contributed by atoms with Crippen molar-refractivity contribution in [2.45, 2.75) is 63.5 Å². The molecule has 2 rings (SSSR count). The molecule has 118 valence electrons. The normalized spacial score (nSPS) is 24.7. The van der Waals surface area contributed by atoms with Crippen LogP contribution >= 0.6 is 0 Å². The zero-order chi connectivity index (χ0) is 15.1. The minimum atomic E-state index is -0.611. The molecule has 5 nitrogen and oxygen atoms in total. The number of nitrogens with zero attached hydrogens (tertiary/aromatic N) is 2. The average molecular weight is 292 g/mol. The van der Waals surface area contributed by atoms with Crippen molar-refractivity contribution in [2.75, 3.05) is 26.2 Å². The van der Waals surface area contributed by atoms with E-state index in [-0.39, 0.29) is 5.91 Å². The summed E-state index contributed by atoms with van der Waals surface area (Å²) in [6.07, 6.45) is 7.27. The largest absolute Gasteiger partial charge is 0.337 e. The van der Waals surface area contributed by atoms with E-state index in [1.54, 1.807) is 0 Å². The lowest BCUT2D eigenvalue weighted by molar-refractivity contribution is -0.124. The van der Waals surface area contributed by atoms with Crippen molar-refractivity contribution in [3.05, 3.63) is 0 Å². The Kier molecular flexibility index (Phi) is 6.01. The summed E-state index contributed by atoms with van der Waals surface area (Å²) in [6, 6.07) is 2.86. The van der Waals surface area contributed by atoms with Crippen molar-refractivity contribution in [2.24, 2.45) is 0 Å². The number of nitrogens with one attached hydrogen (secondary N) is 2. The van der Waals surface area contributed by atoms with Crippen molar-refractivity contribution in [1.82, 2.24) is 15.5 Å². The van der Waals surface area contributed by atoms with Gasteiger partial charge in [-0.15, -0.1) is 0 Å². The highest BCUT2D eigenvalue weighted by Crippen LogP contribution is 2.27. The Morgan fingerprint density at radius 2 is 2.14 bits per heavy atom. The van der Waals surface area contributed by atoms with Gasteiger partial charge in [-0.2, -0.15) is 5.26 Å². The molecule has 1 aliphatic carbocycles. The third kappa shape index (κ3) is 4.69. The van der Waals surface area contributed by atoms with Crippen LogP contribution in [-0.2, 0) is 4.79 Å². The Morgan fingerprint density at radius 3 is 2.71 bits per heavy atom. The molecular weight excluding hydrogens is 264 g/mol. The van der Waals surface area contributed by atoms with Crippen LogP contribution in [0.25, 0.3) is 0 Å². The molecule has 1 saturated carbocycles. The van der Waals surface area contributed by atoms with Gasteiger partial charge in [0.25, 0.3) is 0 Å². The highest BCUT2D eigenvalue weighted by molar-refractivity contribution is 5.79. The average Bonchev–Trinajstić information content (AvgIpc) is 3.00. The summed E-state index contributed by atoms with van der Waals surface area (Å²) < 4.78 is 0. The van der Waals surface area contributed by atoms with Crippen LogP contribution in [0.4, 0.5) is 0 Å². The quantitative estimate of drug-likeness (QED) is 0.776. The predicted molar refractivity (Wildman–Crippen MR) is 82.7 cm³/mol. The van der Waals surface area contributed by atoms with Crippen molar-refractivity contribution >= 4 is 5.91 Å². The van der Waals surface area contributed by atoms with Gasteiger partial charge in [0, 0.05) is 12.6 Å². The first-order chi connectivity index (χ1) is 10.2. The van der Waals surface area contributed by atoms with Crippen LogP contribution in [0, 0.1) is 11.3 Å². The monoisotopic (exact) mass is 292 g/mol. The fourth-order valence-electron chi connectivity index (χ4n) is 3.46. The fraction of sp³-hybridized carbons (Fsp3) is 0.875. The Hall–Kier alpha value is -1.12. The van der Waals surface area contributed by atoms with Crippen LogP contribution in [0.2, 0.25) is 0 Å². The van der Waals surface area contributed by atoms with E-state index in [9.17, 15) is 10.1 Å². The summed E-state index contributed by atoms with van der Waals surface area (Å²) in [4.78, 5) is 14.5. The number of nitriles is 1. The van der Waals surface area contributed by atoms with Gasteiger partial charge in [-0.25, -0.2) is 0 Å². The summed E-state index contributed by atoms with van der Waals surface area (Å²) in [7, 11) is 0. The first-order valence-corrected chi connectivity index (χ1v) is 8.35. The smallest absolute Gasteiger partial charge is 0.235 e. The van der Waals surface area contributed by atoms with Crippen molar-refractivity contribution < 1.29 is 4.79 Å². The Morgan fingerprint density at radius 1 is 1.38 bits per heavy atom. The van der Waals surface area contributed by atoms with Crippen LogP contribution in [0.5, 0.6) is 0 Å². The van der Waals surface area contributed by atoms with E-state index in [4.69, 9.17) is 0 Å². The SMILES string of the molecule is CCN(CC(=O)NC1(C#N)CCCCC1)CC1CCCN1. The maximum atomic E-state index is 12.3. The molecule has 1 amide bonds. The van der Waals surface area contributed by atoms with Crippen LogP contribution in [0.15, 0.2) is 0 Å². The van der Waals surface area contributed by atoms with E-state index < -0.39 is 5.54 Å². The number of likely N-dealkylation sites (N-methyl/N-ethyl adjacent to an activating group) is 1. The second-order valence-electron chi connectivity index (χ2n) is 6.42. The number of carbonyl (C=O) groups is 1. The third-order valence-electron chi connectivity index (χ3n) is 4.76. The standard InChI is InChI=1S/C16H28N4O/c1-2-20(11-14-7-6-10-18-14)12-15(21)19-16(13-17)8-4-3-5-9-16/h14,18H,2-12H2,1H3,(H,19,21). The van der Waals surface area contributed by atoms with Crippen LogP contribution in [0.1, 0.15) is 51.9 Å².